The zero-order chi connectivity index (χ0) is 7.26. The highest BCUT2D eigenvalue weighted by molar-refractivity contribution is 5.61. The number of hydrogen-bond acceptors (Lipinski definition) is 5. The van der Waals surface area contributed by atoms with Crippen molar-refractivity contribution >= 4 is 5.69 Å². The van der Waals surface area contributed by atoms with Crippen LogP contribution in [-0.4, -0.2) is 6.79 Å². The molecule has 2 aliphatic heterocycles. The summed E-state index contributed by atoms with van der Waals surface area (Å²) in [5.74, 6) is 1.77. The Kier molecular flexibility index (Phi) is 0.730. The van der Waals surface area contributed by atoms with Crippen LogP contribution in [0.5, 0.6) is 11.7 Å². The number of fused-ring (bicyclic) bond motifs is 3. The summed E-state index contributed by atoms with van der Waals surface area (Å²) in [5, 5.41) is 7.64. The molecule has 11 heavy (non-hydrogen) atoms. The van der Waals surface area contributed by atoms with Crippen molar-refractivity contribution in [3.05, 3.63) is 5.76 Å². The summed E-state index contributed by atoms with van der Waals surface area (Å²) in [6.45, 7) is 0.714. The molecule has 0 atom stereocenters. The van der Waals surface area contributed by atoms with Crippen LogP contribution in [0, 0.1) is 0 Å². The van der Waals surface area contributed by atoms with Crippen LogP contribution in [0.4, 0.5) is 5.69 Å². The molecule has 3 rings (SSSR count). The van der Waals surface area contributed by atoms with E-state index < -0.39 is 0 Å². The van der Waals surface area contributed by atoms with E-state index in [1.807, 2.05) is 0 Å². The summed E-state index contributed by atoms with van der Waals surface area (Å²) in [6, 6.07) is 0. The number of furan rings is 1. The maximum Gasteiger partial charge on any atom is 0.334 e. The molecule has 5 heteroatoms. The largest absolute Gasteiger partial charge is 0.447 e. The Bertz CT molecular complexity index is 342. The molecule has 0 fully saturated rings. The van der Waals surface area contributed by atoms with Gasteiger partial charge >= 0.3 is 5.95 Å². The van der Waals surface area contributed by atoms with Crippen LogP contribution in [0.3, 0.4) is 0 Å². The Morgan fingerprint density at radius 1 is 1.27 bits per heavy atom. The van der Waals surface area contributed by atoms with Crippen molar-refractivity contribution in [3.8, 4) is 11.7 Å². The molecular weight excluding hydrogens is 148 g/mol. The number of azo groups is 1. The zero-order valence-electron chi connectivity index (χ0n) is 5.53. The second kappa shape index (κ2) is 1.55. The number of rotatable bonds is 0. The van der Waals surface area contributed by atoms with Crippen LogP contribution in [0.2, 0.25) is 0 Å². The Balaban J connectivity index is 2.28. The summed E-state index contributed by atoms with van der Waals surface area (Å²) >= 11 is 0. The van der Waals surface area contributed by atoms with Crippen molar-refractivity contribution in [1.82, 2.24) is 0 Å². The molecule has 0 bridgehead atoms. The zero-order valence-corrected chi connectivity index (χ0v) is 5.53. The Labute approximate surface area is 61.6 Å². The van der Waals surface area contributed by atoms with Gasteiger partial charge in [0.2, 0.25) is 12.5 Å². The lowest BCUT2D eigenvalue weighted by atomic mass is 10.4. The van der Waals surface area contributed by atoms with E-state index in [-0.39, 0.29) is 6.79 Å². The van der Waals surface area contributed by atoms with Gasteiger partial charge in [-0.25, -0.2) is 0 Å². The second-order valence-electron chi connectivity index (χ2n) is 2.30. The van der Waals surface area contributed by atoms with Gasteiger partial charge < -0.3 is 13.9 Å². The summed E-state index contributed by atoms with van der Waals surface area (Å²) in [6.07, 6.45) is 0. The van der Waals surface area contributed by atoms with Gasteiger partial charge in [-0.05, 0) is 0 Å². The molecule has 2 aliphatic rings. The number of nitrogens with zero attached hydrogens (tertiary/aromatic N) is 2. The fraction of sp³-hybridized carbons (Fsp3) is 0.333. The highest BCUT2D eigenvalue weighted by Gasteiger charge is 2.29. The average molecular weight is 152 g/mol. The van der Waals surface area contributed by atoms with E-state index in [1.54, 1.807) is 0 Å². The highest BCUT2D eigenvalue weighted by Crippen LogP contribution is 2.48. The lowest BCUT2D eigenvalue weighted by molar-refractivity contribution is 0.149. The topological polar surface area (TPSA) is 56.3 Å². The molecule has 1 aromatic rings. The SMILES string of the molecule is C1Oc2oc3c(c2O1)N=NC3. The van der Waals surface area contributed by atoms with Crippen molar-refractivity contribution in [1.29, 1.82) is 0 Å². The summed E-state index contributed by atoms with van der Waals surface area (Å²) in [4.78, 5) is 0. The van der Waals surface area contributed by atoms with E-state index in [2.05, 4.69) is 10.2 Å². The Morgan fingerprint density at radius 2 is 2.27 bits per heavy atom. The fourth-order valence-corrected chi connectivity index (χ4v) is 1.17. The van der Waals surface area contributed by atoms with Crippen LogP contribution < -0.4 is 9.47 Å². The van der Waals surface area contributed by atoms with Gasteiger partial charge in [-0.1, -0.05) is 0 Å². The molecule has 0 aliphatic carbocycles. The molecule has 0 saturated carbocycles. The van der Waals surface area contributed by atoms with Crippen molar-refractivity contribution in [3.63, 3.8) is 0 Å². The average Bonchev–Trinajstić information content (AvgIpc) is 2.52. The number of hydrogen-bond donors (Lipinski definition) is 0. The van der Waals surface area contributed by atoms with E-state index in [9.17, 15) is 0 Å². The van der Waals surface area contributed by atoms with Gasteiger partial charge in [0.1, 0.15) is 6.54 Å². The first-order valence-corrected chi connectivity index (χ1v) is 3.24. The first-order chi connectivity index (χ1) is 5.45. The van der Waals surface area contributed by atoms with E-state index in [0.717, 1.165) is 5.76 Å². The monoisotopic (exact) mass is 152 g/mol. The van der Waals surface area contributed by atoms with E-state index >= 15 is 0 Å². The van der Waals surface area contributed by atoms with Crippen LogP contribution in [0.1, 0.15) is 5.76 Å². The third-order valence-corrected chi connectivity index (χ3v) is 1.66. The first kappa shape index (κ1) is 5.17. The summed E-state index contributed by atoms with van der Waals surface area (Å²) in [5.41, 5.74) is 0.692. The lowest BCUT2D eigenvalue weighted by Gasteiger charge is -1.89. The Morgan fingerprint density at radius 3 is 3.27 bits per heavy atom. The first-order valence-electron chi connectivity index (χ1n) is 3.24. The Hall–Kier alpha value is -1.52. The van der Waals surface area contributed by atoms with Crippen LogP contribution in [0.15, 0.2) is 14.6 Å². The van der Waals surface area contributed by atoms with Gasteiger partial charge in [-0.2, -0.15) is 5.11 Å². The maximum atomic E-state index is 5.23. The minimum absolute atomic E-state index is 0.219. The molecule has 5 nitrogen and oxygen atoms in total. The van der Waals surface area contributed by atoms with Gasteiger partial charge in [-0.15, -0.1) is 5.11 Å². The van der Waals surface area contributed by atoms with Gasteiger partial charge in [0.15, 0.2) is 11.4 Å². The molecule has 0 spiro atoms. The predicted molar refractivity (Wildman–Crippen MR) is 33.1 cm³/mol. The van der Waals surface area contributed by atoms with Crippen molar-refractivity contribution in [2.75, 3.05) is 6.79 Å². The fourth-order valence-electron chi connectivity index (χ4n) is 1.17. The van der Waals surface area contributed by atoms with Gasteiger partial charge in [-0.3, -0.25) is 0 Å². The lowest BCUT2D eigenvalue weighted by Crippen LogP contribution is -1.94. The molecule has 0 radical (unpaired) electrons. The van der Waals surface area contributed by atoms with Gasteiger partial charge in [0.05, 0.1) is 0 Å². The minimum atomic E-state index is 0.219. The molecule has 3 heterocycles. The summed E-state index contributed by atoms with van der Waals surface area (Å²) < 4.78 is 15.4. The maximum absolute atomic E-state index is 5.23. The molecule has 0 unspecified atom stereocenters. The van der Waals surface area contributed by atoms with Crippen LogP contribution in [0.25, 0.3) is 0 Å². The molecular formula is C6H4N2O3. The second-order valence-corrected chi connectivity index (χ2v) is 2.30. The predicted octanol–water partition coefficient (Wildman–Crippen LogP) is 1.61. The van der Waals surface area contributed by atoms with Crippen molar-refractivity contribution in [2.45, 2.75) is 6.54 Å². The number of ether oxygens (including phenoxy) is 2. The van der Waals surface area contributed by atoms with E-state index in [4.69, 9.17) is 13.9 Å². The highest BCUT2D eigenvalue weighted by atomic mass is 16.7. The molecule has 0 amide bonds. The van der Waals surface area contributed by atoms with E-state index in [1.165, 1.54) is 0 Å². The molecule has 0 N–H and O–H groups in total. The molecule has 0 saturated heterocycles. The standard InChI is InChI=1S/C6H4N2O3/c1-3-4(8-7-1)5-6(11-3)10-2-9-5/h1-2H2. The normalized spacial score (nSPS) is 17.5. The third kappa shape index (κ3) is 0.508. The van der Waals surface area contributed by atoms with Gasteiger partial charge in [0, 0.05) is 0 Å². The third-order valence-electron chi connectivity index (χ3n) is 1.66. The van der Waals surface area contributed by atoms with E-state index in [0.29, 0.717) is 23.9 Å². The van der Waals surface area contributed by atoms with Crippen molar-refractivity contribution in [2.24, 2.45) is 10.2 Å². The summed E-state index contributed by atoms with van der Waals surface area (Å²) in [7, 11) is 0. The van der Waals surface area contributed by atoms with Gasteiger partial charge in [0.25, 0.3) is 0 Å². The smallest absolute Gasteiger partial charge is 0.334 e. The minimum Gasteiger partial charge on any atom is -0.447 e. The molecule has 56 valence electrons. The quantitative estimate of drug-likeness (QED) is 0.567. The van der Waals surface area contributed by atoms with Crippen LogP contribution in [-0.2, 0) is 6.54 Å². The molecule has 0 aromatic carbocycles. The van der Waals surface area contributed by atoms with Crippen LogP contribution >= 0.6 is 0 Å². The molecule has 1 aromatic heterocycles. The van der Waals surface area contributed by atoms with Crippen molar-refractivity contribution < 1.29 is 13.9 Å².